The van der Waals surface area contributed by atoms with Crippen LogP contribution in [0.4, 0.5) is 4.39 Å². The number of allylic oxidation sites excluding steroid dienone is 1. The number of carbonyl (C=O) groups excluding carboxylic acids is 9. The fourth-order valence-corrected chi connectivity index (χ4v) is 10.4. The number of amides is 6. The lowest BCUT2D eigenvalue weighted by molar-refractivity contribution is -0.165. The molecule has 3 aromatic carbocycles. The maximum Gasteiger partial charge on any atom is 0.330 e. The molecule has 3 aliphatic heterocycles. The quantitative estimate of drug-likeness (QED) is 0.182. The first kappa shape index (κ1) is 67.2. The first-order chi connectivity index (χ1) is 40.7. The molecule has 3 aliphatic rings. The molecule has 21 nitrogen and oxygen atoms in total. The zero-order chi connectivity index (χ0) is 63.0. The van der Waals surface area contributed by atoms with E-state index in [2.05, 4.69) is 5.32 Å². The number of ether oxygens (including phenoxy) is 6. The number of benzene rings is 3. The summed E-state index contributed by atoms with van der Waals surface area (Å²) >= 11 is 0. The number of nitrogens with zero attached hydrogens (tertiary/aromatic N) is 5. The highest BCUT2D eigenvalue weighted by atomic mass is 19.1. The molecule has 86 heavy (non-hydrogen) atoms. The monoisotopic (exact) mass is 1200 g/mol. The van der Waals surface area contributed by atoms with Crippen molar-refractivity contribution < 1.29 is 77.4 Å². The molecule has 0 aliphatic carbocycles. The summed E-state index contributed by atoms with van der Waals surface area (Å²) in [6.07, 6.45) is 5.66. The molecule has 0 saturated carbocycles. The number of piperidine rings is 1. The predicted molar refractivity (Wildman–Crippen MR) is 317 cm³/mol. The molecule has 470 valence electrons. The van der Waals surface area contributed by atoms with Crippen molar-refractivity contribution in [3.05, 3.63) is 101 Å². The number of halogens is 1. The minimum Gasteiger partial charge on any atom is -0.493 e. The van der Waals surface area contributed by atoms with Crippen molar-refractivity contribution in [3.63, 3.8) is 0 Å². The van der Waals surface area contributed by atoms with Crippen LogP contribution >= 0.6 is 0 Å². The highest BCUT2D eigenvalue weighted by Gasteiger charge is 2.45. The van der Waals surface area contributed by atoms with Gasteiger partial charge in [0.1, 0.15) is 54.5 Å². The van der Waals surface area contributed by atoms with E-state index in [0.717, 1.165) is 22.6 Å². The number of hydrogen-bond donors (Lipinski definition) is 1. The molecule has 22 heteroatoms. The van der Waals surface area contributed by atoms with Gasteiger partial charge < -0.3 is 58.2 Å². The van der Waals surface area contributed by atoms with Gasteiger partial charge in [-0.25, -0.2) is 14.0 Å². The van der Waals surface area contributed by atoms with E-state index in [-0.39, 0.29) is 57.6 Å². The van der Waals surface area contributed by atoms with Crippen molar-refractivity contribution >= 4 is 53.2 Å². The number of rotatable bonds is 8. The Kier molecular flexibility index (Phi) is 23.8. The Morgan fingerprint density at radius 2 is 1.42 bits per heavy atom. The maximum atomic E-state index is 15.8. The number of nitrogens with one attached hydrogen (secondary N) is 1. The molecule has 3 aromatic rings. The summed E-state index contributed by atoms with van der Waals surface area (Å²) in [5, 5.41) is 2.80. The summed E-state index contributed by atoms with van der Waals surface area (Å²) in [6.45, 7) is 9.07. The SMILES string of the molecule is COc1ccc(CC[C@H]2OC(=O)[C@@H]3CCCCN3C(=O)C(=O)C(C)(C)COC(=O)/C=C/CCCCN(C)C(=O)[C@@H]3CCCN3C(=O)[C@H](COC(C)(C)C)N(C)C(=O)[C@H](c3ccccc3)NC(=O)[C@H](C)N(C)C(=O)COc3cc(F)cc2c3)cc1OC.[HH]. The number of ketones is 1. The molecular formula is C64H87FN6O15. The van der Waals surface area contributed by atoms with Gasteiger partial charge >= 0.3 is 11.9 Å². The summed E-state index contributed by atoms with van der Waals surface area (Å²) in [5.74, 6) is -6.36. The summed E-state index contributed by atoms with van der Waals surface area (Å²) in [4.78, 5) is 134. The second kappa shape index (κ2) is 30.5. The molecule has 2 fully saturated rings. The van der Waals surface area contributed by atoms with Crippen LogP contribution in [0.1, 0.15) is 130 Å². The van der Waals surface area contributed by atoms with E-state index in [0.29, 0.717) is 68.6 Å². The van der Waals surface area contributed by atoms with Gasteiger partial charge in [0.25, 0.3) is 11.8 Å². The lowest BCUT2D eigenvalue weighted by Crippen LogP contribution is -2.58. The average Bonchev–Trinajstić information content (AvgIpc) is 2.60. The van der Waals surface area contributed by atoms with Crippen LogP contribution in [0, 0.1) is 11.2 Å². The lowest BCUT2D eigenvalue weighted by atomic mass is 9.87. The fraction of sp³-hybridized carbons (Fsp3) is 0.547. The van der Waals surface area contributed by atoms with Crippen LogP contribution < -0.4 is 19.5 Å². The van der Waals surface area contributed by atoms with Crippen LogP contribution in [0.25, 0.3) is 0 Å². The van der Waals surface area contributed by atoms with Crippen molar-refractivity contribution in [1.82, 2.24) is 29.8 Å². The van der Waals surface area contributed by atoms with Gasteiger partial charge in [-0.3, -0.25) is 33.6 Å². The van der Waals surface area contributed by atoms with E-state index < -0.39 is 114 Å². The van der Waals surface area contributed by atoms with Gasteiger partial charge in [0.15, 0.2) is 18.1 Å². The number of cyclic esters (lactones) is 2. The number of carbonyl (C=O) groups is 9. The Labute approximate surface area is 505 Å². The van der Waals surface area contributed by atoms with Crippen LogP contribution in [0.15, 0.2) is 78.9 Å². The Hall–Kier alpha value is -7.88. The predicted octanol–water partition coefficient (Wildman–Crippen LogP) is 6.74. The molecule has 0 unspecified atom stereocenters. The minimum atomic E-state index is -1.50. The fourth-order valence-electron chi connectivity index (χ4n) is 10.4. The molecule has 2 saturated heterocycles. The molecule has 6 rings (SSSR count). The molecule has 1 N–H and O–H groups in total. The Bertz CT molecular complexity index is 2960. The molecule has 0 radical (unpaired) electrons. The first-order valence-corrected chi connectivity index (χ1v) is 29.4. The maximum absolute atomic E-state index is 15.8. The summed E-state index contributed by atoms with van der Waals surface area (Å²) in [5.41, 5.74) is -0.977. The van der Waals surface area contributed by atoms with E-state index >= 15 is 4.39 Å². The van der Waals surface area contributed by atoms with Crippen molar-refractivity contribution in [2.24, 2.45) is 5.41 Å². The third-order valence-electron chi connectivity index (χ3n) is 15.8. The van der Waals surface area contributed by atoms with Gasteiger partial charge in [0, 0.05) is 54.3 Å². The first-order valence-electron chi connectivity index (χ1n) is 29.4. The number of methoxy groups -OCH3 is 2. The highest BCUT2D eigenvalue weighted by molar-refractivity contribution is 6.38. The molecule has 6 atom stereocenters. The highest BCUT2D eigenvalue weighted by Crippen LogP contribution is 2.34. The summed E-state index contributed by atoms with van der Waals surface area (Å²) < 4.78 is 50.5. The number of hydrogen-bond acceptors (Lipinski definition) is 15. The average molecular weight is 1200 g/mol. The Morgan fingerprint density at radius 1 is 0.733 bits per heavy atom. The molecule has 6 amide bonds. The molecule has 0 aromatic heterocycles. The van der Waals surface area contributed by atoms with Crippen LogP contribution in [-0.2, 0) is 63.8 Å². The largest absolute Gasteiger partial charge is 0.493 e. The number of fused-ring (bicyclic) bond motifs is 4. The molecule has 0 spiro atoms. The topological polar surface area (TPSA) is 237 Å². The summed E-state index contributed by atoms with van der Waals surface area (Å²) in [6, 6.07) is 11.4. The second-order valence-electron chi connectivity index (χ2n) is 23.8. The lowest BCUT2D eigenvalue weighted by Gasteiger charge is -2.37. The molecule has 2 bridgehead atoms. The zero-order valence-corrected chi connectivity index (χ0v) is 51.5. The Morgan fingerprint density at radius 3 is 2.12 bits per heavy atom. The van der Waals surface area contributed by atoms with Gasteiger partial charge in [-0.1, -0.05) is 42.5 Å². The van der Waals surface area contributed by atoms with Crippen molar-refractivity contribution in [1.29, 1.82) is 0 Å². The smallest absolute Gasteiger partial charge is 0.330 e. The van der Waals surface area contributed by atoms with Crippen LogP contribution in [0.5, 0.6) is 17.2 Å². The standard InChI is InChI=1S/C64H85FN6O15.H2/c1-41-57(75)66-55(43-22-15-14-16-23-43)60(78)69(9)49(38-85-63(2,3)4)59(77)70-33-21-25-47(70)58(76)67(7)31-19-13-12-17-26-54(73)84-40-64(5,6)56(74)61(79)71-32-20-18-24-48(71)62(80)86-50(29-27-42-28-30-51(81-10)52(34-42)82-11)44-35-45(65)37-46(36-44)83-39-53(72)68(41)8;/h14-17,22-23,26,28,30,34-37,41,47-50,55H,12-13,18-21,24-25,27,29,31-33,38-40H2,1-11H3,(H,66,75);1H/b26-17+;/t41-,47-,48-,49-,50+,55-;/m0./s1. The van der Waals surface area contributed by atoms with Gasteiger partial charge in [0.05, 0.1) is 31.8 Å². The minimum absolute atomic E-state index is 0. The zero-order valence-electron chi connectivity index (χ0n) is 51.5. The van der Waals surface area contributed by atoms with Crippen molar-refractivity contribution in [2.45, 2.75) is 148 Å². The normalized spacial score (nSPS) is 24.0. The Balaban J connectivity index is 0.0000138. The van der Waals surface area contributed by atoms with E-state index in [4.69, 9.17) is 28.4 Å². The molecular weight excluding hydrogens is 1110 g/mol. The van der Waals surface area contributed by atoms with Crippen LogP contribution in [0.3, 0.4) is 0 Å². The number of esters is 2. The van der Waals surface area contributed by atoms with Gasteiger partial charge in [0.2, 0.25) is 29.4 Å². The third kappa shape index (κ3) is 17.9. The van der Waals surface area contributed by atoms with E-state index in [1.54, 1.807) is 87.3 Å². The van der Waals surface area contributed by atoms with E-state index in [9.17, 15) is 43.2 Å². The van der Waals surface area contributed by atoms with Gasteiger partial charge in [-0.15, -0.1) is 0 Å². The summed E-state index contributed by atoms with van der Waals surface area (Å²) in [7, 11) is 7.45. The van der Waals surface area contributed by atoms with Gasteiger partial charge in [-0.05, 0) is 147 Å². The van der Waals surface area contributed by atoms with E-state index in [1.807, 2.05) is 0 Å². The third-order valence-corrected chi connectivity index (χ3v) is 15.8. The second-order valence-corrected chi connectivity index (χ2v) is 23.8. The van der Waals surface area contributed by atoms with Gasteiger partial charge in [-0.2, -0.15) is 0 Å². The van der Waals surface area contributed by atoms with Crippen molar-refractivity contribution in [3.8, 4) is 17.2 Å². The number of likely N-dealkylation sites (N-methyl/N-ethyl adjacent to an activating group) is 3. The number of Topliss-reactive ketones (excluding diaryl/α,β-unsaturated/α-hetero) is 1. The van der Waals surface area contributed by atoms with Crippen LogP contribution in [-0.4, -0.2) is 182 Å². The van der Waals surface area contributed by atoms with E-state index in [1.165, 1.54) is 75.9 Å². The van der Waals surface area contributed by atoms with Crippen molar-refractivity contribution in [2.75, 3.05) is 74.8 Å². The van der Waals surface area contributed by atoms with Crippen LogP contribution in [0.2, 0.25) is 0 Å². The molecule has 3 heterocycles. The number of aryl methyl sites for hydroxylation is 1.